The summed E-state index contributed by atoms with van der Waals surface area (Å²) in [5.74, 6) is 0.757. The van der Waals surface area contributed by atoms with Crippen molar-refractivity contribution >= 4 is 0 Å². The zero-order valence-electron chi connectivity index (χ0n) is 8.86. The van der Waals surface area contributed by atoms with Crippen molar-refractivity contribution in [2.45, 2.75) is 19.4 Å². The van der Waals surface area contributed by atoms with E-state index in [2.05, 4.69) is 16.4 Å². The molecule has 0 amide bonds. The zero-order valence-corrected chi connectivity index (χ0v) is 8.86. The SMILES string of the molecule is CNCc1ccc(OCCCC#N)cn1. The fourth-order valence-corrected chi connectivity index (χ4v) is 1.12. The summed E-state index contributed by atoms with van der Waals surface area (Å²) in [4.78, 5) is 4.21. The molecule has 0 aliphatic rings. The molecule has 0 saturated carbocycles. The van der Waals surface area contributed by atoms with E-state index in [9.17, 15) is 0 Å². The van der Waals surface area contributed by atoms with Crippen molar-refractivity contribution in [3.63, 3.8) is 0 Å². The second kappa shape index (κ2) is 6.80. The Balaban J connectivity index is 2.33. The minimum atomic E-state index is 0.533. The Hall–Kier alpha value is -1.60. The Morgan fingerprint density at radius 1 is 1.53 bits per heavy atom. The van der Waals surface area contributed by atoms with E-state index in [0.717, 1.165) is 24.4 Å². The summed E-state index contributed by atoms with van der Waals surface area (Å²) in [6, 6.07) is 5.90. The van der Waals surface area contributed by atoms with Crippen LogP contribution in [-0.2, 0) is 6.54 Å². The van der Waals surface area contributed by atoms with Gasteiger partial charge in [-0.05, 0) is 25.6 Å². The van der Waals surface area contributed by atoms with Crippen molar-refractivity contribution in [2.75, 3.05) is 13.7 Å². The van der Waals surface area contributed by atoms with Gasteiger partial charge in [0, 0.05) is 13.0 Å². The lowest BCUT2D eigenvalue weighted by molar-refractivity contribution is 0.311. The summed E-state index contributed by atoms with van der Waals surface area (Å²) in [6.07, 6.45) is 3.00. The van der Waals surface area contributed by atoms with Gasteiger partial charge < -0.3 is 10.1 Å². The Kier molecular flexibility index (Phi) is 5.20. The molecule has 1 aromatic heterocycles. The van der Waals surface area contributed by atoms with Crippen molar-refractivity contribution in [3.05, 3.63) is 24.0 Å². The van der Waals surface area contributed by atoms with Crippen molar-refractivity contribution < 1.29 is 4.74 Å². The molecule has 1 aromatic rings. The molecule has 0 aliphatic carbocycles. The molecule has 1 heterocycles. The van der Waals surface area contributed by atoms with Crippen LogP contribution in [0.15, 0.2) is 18.3 Å². The maximum absolute atomic E-state index is 8.33. The number of hydrogen-bond donors (Lipinski definition) is 1. The highest BCUT2D eigenvalue weighted by atomic mass is 16.5. The molecule has 0 bridgehead atoms. The molecule has 80 valence electrons. The van der Waals surface area contributed by atoms with Gasteiger partial charge in [0.25, 0.3) is 0 Å². The van der Waals surface area contributed by atoms with E-state index in [1.807, 2.05) is 19.2 Å². The Labute approximate surface area is 89.9 Å². The first-order valence-corrected chi connectivity index (χ1v) is 4.96. The van der Waals surface area contributed by atoms with Crippen LogP contribution >= 0.6 is 0 Å². The Bertz CT molecular complexity index is 316. The predicted octanol–water partition coefficient (Wildman–Crippen LogP) is 1.48. The van der Waals surface area contributed by atoms with Crippen molar-refractivity contribution in [1.29, 1.82) is 5.26 Å². The number of rotatable bonds is 6. The highest BCUT2D eigenvalue weighted by Gasteiger charge is 1.95. The van der Waals surface area contributed by atoms with Gasteiger partial charge in [0.15, 0.2) is 0 Å². The number of ether oxygens (including phenoxy) is 1. The first kappa shape index (κ1) is 11.5. The second-order valence-electron chi connectivity index (χ2n) is 3.13. The molecule has 0 unspecified atom stereocenters. The third kappa shape index (κ3) is 4.43. The van der Waals surface area contributed by atoms with Crippen LogP contribution in [0.2, 0.25) is 0 Å². The van der Waals surface area contributed by atoms with Gasteiger partial charge in [-0.1, -0.05) is 0 Å². The van der Waals surface area contributed by atoms with Crippen LogP contribution in [0.25, 0.3) is 0 Å². The lowest BCUT2D eigenvalue weighted by Crippen LogP contribution is -2.06. The van der Waals surface area contributed by atoms with E-state index in [4.69, 9.17) is 10.00 Å². The average Bonchev–Trinajstić information content (AvgIpc) is 2.27. The van der Waals surface area contributed by atoms with Crippen molar-refractivity contribution in [3.8, 4) is 11.8 Å². The van der Waals surface area contributed by atoms with E-state index in [1.54, 1.807) is 6.20 Å². The van der Waals surface area contributed by atoms with Crippen LogP contribution in [0.4, 0.5) is 0 Å². The largest absolute Gasteiger partial charge is 0.492 e. The average molecular weight is 205 g/mol. The monoisotopic (exact) mass is 205 g/mol. The van der Waals surface area contributed by atoms with Crippen LogP contribution in [0.3, 0.4) is 0 Å². The Morgan fingerprint density at radius 2 is 2.40 bits per heavy atom. The molecule has 0 spiro atoms. The fourth-order valence-electron chi connectivity index (χ4n) is 1.12. The molecule has 1 rings (SSSR count). The number of unbranched alkanes of at least 4 members (excludes halogenated alkanes) is 1. The van der Waals surface area contributed by atoms with E-state index >= 15 is 0 Å². The van der Waals surface area contributed by atoms with Crippen LogP contribution in [0, 0.1) is 11.3 Å². The standard InChI is InChI=1S/C11H15N3O/c1-13-8-10-4-5-11(9-14-10)15-7-3-2-6-12/h4-5,9,13H,2-3,7-8H2,1H3. The van der Waals surface area contributed by atoms with Gasteiger partial charge in [0.1, 0.15) is 5.75 Å². The molecule has 15 heavy (non-hydrogen) atoms. The first-order chi connectivity index (χ1) is 7.36. The molecule has 0 atom stereocenters. The molecular weight excluding hydrogens is 190 g/mol. The van der Waals surface area contributed by atoms with Crippen molar-refractivity contribution in [1.82, 2.24) is 10.3 Å². The summed E-state index contributed by atoms with van der Waals surface area (Å²) in [5.41, 5.74) is 0.988. The summed E-state index contributed by atoms with van der Waals surface area (Å²) in [7, 11) is 1.88. The number of hydrogen-bond acceptors (Lipinski definition) is 4. The maximum Gasteiger partial charge on any atom is 0.137 e. The zero-order chi connectivity index (χ0) is 10.9. The number of aromatic nitrogens is 1. The van der Waals surface area contributed by atoms with Crippen LogP contribution in [0.1, 0.15) is 18.5 Å². The molecule has 0 saturated heterocycles. The van der Waals surface area contributed by atoms with Crippen LogP contribution in [-0.4, -0.2) is 18.6 Å². The summed E-state index contributed by atoms with van der Waals surface area (Å²) in [6.45, 7) is 1.33. The molecule has 1 N–H and O–H groups in total. The van der Waals surface area contributed by atoms with Gasteiger partial charge in [0.05, 0.1) is 24.6 Å². The van der Waals surface area contributed by atoms with E-state index in [0.29, 0.717) is 13.0 Å². The summed E-state index contributed by atoms with van der Waals surface area (Å²) < 4.78 is 5.41. The smallest absolute Gasteiger partial charge is 0.137 e. The molecular formula is C11H15N3O. The predicted molar refractivity (Wildman–Crippen MR) is 57.3 cm³/mol. The van der Waals surface area contributed by atoms with E-state index < -0.39 is 0 Å². The molecule has 4 nitrogen and oxygen atoms in total. The van der Waals surface area contributed by atoms with Gasteiger partial charge in [-0.3, -0.25) is 4.98 Å². The minimum absolute atomic E-state index is 0.533. The highest BCUT2D eigenvalue weighted by Crippen LogP contribution is 2.09. The number of nitriles is 1. The first-order valence-electron chi connectivity index (χ1n) is 4.96. The molecule has 0 aromatic carbocycles. The molecule has 0 radical (unpaired) electrons. The van der Waals surface area contributed by atoms with Crippen LogP contribution < -0.4 is 10.1 Å². The second-order valence-corrected chi connectivity index (χ2v) is 3.13. The van der Waals surface area contributed by atoms with Gasteiger partial charge >= 0.3 is 0 Å². The third-order valence-electron chi connectivity index (χ3n) is 1.86. The minimum Gasteiger partial charge on any atom is -0.492 e. The lowest BCUT2D eigenvalue weighted by atomic mass is 10.3. The molecule has 0 aliphatic heterocycles. The number of nitrogens with zero attached hydrogens (tertiary/aromatic N) is 2. The maximum atomic E-state index is 8.33. The fraction of sp³-hybridized carbons (Fsp3) is 0.455. The van der Waals surface area contributed by atoms with Crippen molar-refractivity contribution in [2.24, 2.45) is 0 Å². The van der Waals surface area contributed by atoms with Gasteiger partial charge in [0.2, 0.25) is 0 Å². The molecule has 0 fully saturated rings. The third-order valence-corrected chi connectivity index (χ3v) is 1.86. The van der Waals surface area contributed by atoms with Crippen LogP contribution in [0.5, 0.6) is 5.75 Å². The van der Waals surface area contributed by atoms with Gasteiger partial charge in [-0.25, -0.2) is 0 Å². The number of pyridine rings is 1. The van der Waals surface area contributed by atoms with Gasteiger partial charge in [-0.15, -0.1) is 0 Å². The van der Waals surface area contributed by atoms with Gasteiger partial charge in [-0.2, -0.15) is 5.26 Å². The summed E-state index contributed by atoms with van der Waals surface area (Å²) in [5, 5.41) is 11.4. The Morgan fingerprint density at radius 3 is 3.00 bits per heavy atom. The highest BCUT2D eigenvalue weighted by molar-refractivity contribution is 5.19. The summed E-state index contributed by atoms with van der Waals surface area (Å²) >= 11 is 0. The lowest BCUT2D eigenvalue weighted by Gasteiger charge is -2.05. The van der Waals surface area contributed by atoms with E-state index in [-0.39, 0.29) is 0 Å². The number of nitrogens with one attached hydrogen (secondary N) is 1. The van der Waals surface area contributed by atoms with E-state index in [1.165, 1.54) is 0 Å². The molecule has 4 heteroatoms. The quantitative estimate of drug-likeness (QED) is 0.715. The topological polar surface area (TPSA) is 57.9 Å². The normalized spacial score (nSPS) is 9.60.